The van der Waals surface area contributed by atoms with E-state index in [1.165, 1.54) is 0 Å². The summed E-state index contributed by atoms with van der Waals surface area (Å²) in [5.41, 5.74) is 1.92. The molecule has 3 rings (SSSR count). The van der Waals surface area contributed by atoms with Crippen LogP contribution in [0.1, 0.15) is 13.8 Å². The van der Waals surface area contributed by atoms with Crippen LogP contribution >= 0.6 is 0 Å². The Bertz CT molecular complexity index is 261. The first-order valence-corrected chi connectivity index (χ1v) is 4.82. The van der Waals surface area contributed by atoms with E-state index in [1.807, 2.05) is 0 Å². The first-order valence-electron chi connectivity index (χ1n) is 4.82. The number of epoxide rings is 1. The van der Waals surface area contributed by atoms with Crippen LogP contribution in [-0.4, -0.2) is 24.8 Å². The van der Waals surface area contributed by atoms with Crippen molar-refractivity contribution in [1.82, 2.24) is 5.32 Å². The van der Waals surface area contributed by atoms with Gasteiger partial charge in [-0.1, -0.05) is 18.6 Å². The Balaban J connectivity index is 1.80. The second-order valence-electron chi connectivity index (χ2n) is 4.46. The van der Waals surface area contributed by atoms with Crippen molar-refractivity contribution in [3.8, 4) is 0 Å². The van der Waals surface area contributed by atoms with Crippen LogP contribution in [0.4, 0.5) is 0 Å². The van der Waals surface area contributed by atoms with Crippen molar-refractivity contribution in [3.63, 3.8) is 0 Å². The third kappa shape index (κ3) is 0.723. The molecule has 2 unspecified atom stereocenters. The Morgan fingerprint density at radius 1 is 1.67 bits per heavy atom. The fourth-order valence-corrected chi connectivity index (χ4v) is 2.51. The maximum atomic E-state index is 5.45. The Morgan fingerprint density at radius 2 is 2.42 bits per heavy atom. The molecular formula is C10H15NO. The lowest BCUT2D eigenvalue weighted by molar-refractivity contribution is 0.180. The van der Waals surface area contributed by atoms with E-state index >= 15 is 0 Å². The van der Waals surface area contributed by atoms with Gasteiger partial charge in [-0.3, -0.25) is 0 Å². The van der Waals surface area contributed by atoms with Crippen LogP contribution in [0.5, 0.6) is 0 Å². The van der Waals surface area contributed by atoms with E-state index in [2.05, 4.69) is 25.2 Å². The fourth-order valence-electron chi connectivity index (χ4n) is 2.51. The van der Waals surface area contributed by atoms with Crippen molar-refractivity contribution in [2.75, 3.05) is 13.1 Å². The minimum atomic E-state index is 0.275. The molecule has 0 aromatic heterocycles. The standard InChI is InChI=1S/C10H15NO/c1-6-5-11-4-3-7(6)8-9-10(8,2)12-9/h3,6,8-9,11H,4-5H2,1-2H3/t6?,8-,9?,10-/m1/s1. The third-order valence-electron chi connectivity index (χ3n) is 3.56. The van der Waals surface area contributed by atoms with Gasteiger partial charge in [0, 0.05) is 19.0 Å². The van der Waals surface area contributed by atoms with Gasteiger partial charge in [0.2, 0.25) is 0 Å². The first kappa shape index (κ1) is 7.10. The SMILES string of the molecule is CC1CNCC=C1[C@@H]1C2O[C@@]21C. The molecule has 1 saturated heterocycles. The highest BCUT2D eigenvalue weighted by Crippen LogP contribution is 2.68. The Labute approximate surface area is 73.0 Å². The van der Waals surface area contributed by atoms with Gasteiger partial charge in [-0.2, -0.15) is 0 Å². The van der Waals surface area contributed by atoms with Crippen LogP contribution in [0, 0.1) is 11.8 Å². The van der Waals surface area contributed by atoms with E-state index in [0.717, 1.165) is 24.9 Å². The Hall–Kier alpha value is -0.340. The predicted molar refractivity (Wildman–Crippen MR) is 46.9 cm³/mol. The first-order chi connectivity index (χ1) is 5.73. The molecule has 2 nitrogen and oxygen atoms in total. The van der Waals surface area contributed by atoms with Gasteiger partial charge >= 0.3 is 0 Å². The van der Waals surface area contributed by atoms with Crippen molar-refractivity contribution in [2.24, 2.45) is 11.8 Å². The van der Waals surface area contributed by atoms with E-state index in [9.17, 15) is 0 Å². The van der Waals surface area contributed by atoms with E-state index in [4.69, 9.17) is 4.74 Å². The number of fused-ring (bicyclic) bond motifs is 1. The molecule has 66 valence electrons. The quantitative estimate of drug-likeness (QED) is 0.462. The summed E-state index contributed by atoms with van der Waals surface area (Å²) in [6.07, 6.45) is 2.95. The molecule has 1 N–H and O–H groups in total. The van der Waals surface area contributed by atoms with E-state index in [-0.39, 0.29) is 5.60 Å². The summed E-state index contributed by atoms with van der Waals surface area (Å²) in [6.45, 7) is 6.74. The highest BCUT2D eigenvalue weighted by Gasteiger charge is 2.80. The summed E-state index contributed by atoms with van der Waals surface area (Å²) in [5.74, 6) is 1.49. The molecule has 0 bridgehead atoms. The van der Waals surface area contributed by atoms with E-state index in [1.54, 1.807) is 5.57 Å². The van der Waals surface area contributed by atoms with Gasteiger partial charge in [0.05, 0.1) is 6.10 Å². The van der Waals surface area contributed by atoms with Crippen molar-refractivity contribution < 1.29 is 4.74 Å². The summed E-state index contributed by atoms with van der Waals surface area (Å²) in [4.78, 5) is 0. The lowest BCUT2D eigenvalue weighted by atomic mass is 9.91. The average molecular weight is 165 g/mol. The van der Waals surface area contributed by atoms with Crippen LogP contribution in [0.15, 0.2) is 11.6 Å². The van der Waals surface area contributed by atoms with Crippen LogP contribution in [0.3, 0.4) is 0 Å². The van der Waals surface area contributed by atoms with Crippen molar-refractivity contribution in [3.05, 3.63) is 11.6 Å². The van der Waals surface area contributed by atoms with E-state index < -0.39 is 0 Å². The molecule has 4 atom stereocenters. The Morgan fingerprint density at radius 3 is 2.92 bits per heavy atom. The smallest absolute Gasteiger partial charge is 0.102 e. The van der Waals surface area contributed by atoms with Crippen molar-refractivity contribution in [2.45, 2.75) is 25.6 Å². The molecule has 0 spiro atoms. The second kappa shape index (κ2) is 1.94. The zero-order valence-electron chi connectivity index (χ0n) is 7.63. The van der Waals surface area contributed by atoms with Gasteiger partial charge in [-0.25, -0.2) is 0 Å². The second-order valence-corrected chi connectivity index (χ2v) is 4.46. The van der Waals surface area contributed by atoms with E-state index in [0.29, 0.717) is 6.10 Å². The van der Waals surface area contributed by atoms with Gasteiger partial charge in [0.1, 0.15) is 5.60 Å². The summed E-state index contributed by atoms with van der Waals surface area (Å²) in [6, 6.07) is 0. The maximum Gasteiger partial charge on any atom is 0.102 e. The number of ether oxygens (including phenoxy) is 1. The minimum Gasteiger partial charge on any atom is -0.365 e. The van der Waals surface area contributed by atoms with Crippen LogP contribution in [0.25, 0.3) is 0 Å². The number of hydrogen-bond acceptors (Lipinski definition) is 2. The fraction of sp³-hybridized carbons (Fsp3) is 0.800. The zero-order chi connectivity index (χ0) is 8.34. The van der Waals surface area contributed by atoms with Crippen molar-refractivity contribution in [1.29, 1.82) is 0 Å². The predicted octanol–water partition coefficient (Wildman–Crippen LogP) is 0.939. The number of nitrogens with one attached hydrogen (secondary N) is 1. The molecule has 2 fully saturated rings. The third-order valence-corrected chi connectivity index (χ3v) is 3.56. The molecular weight excluding hydrogens is 150 g/mol. The highest BCUT2D eigenvalue weighted by atomic mass is 16.7. The largest absolute Gasteiger partial charge is 0.365 e. The Kier molecular flexibility index (Phi) is 1.15. The molecule has 1 saturated carbocycles. The minimum absolute atomic E-state index is 0.275. The van der Waals surface area contributed by atoms with Gasteiger partial charge < -0.3 is 10.1 Å². The van der Waals surface area contributed by atoms with Crippen molar-refractivity contribution >= 4 is 0 Å². The van der Waals surface area contributed by atoms with Gasteiger partial charge in [-0.15, -0.1) is 0 Å². The monoisotopic (exact) mass is 165 g/mol. The maximum absolute atomic E-state index is 5.45. The van der Waals surface area contributed by atoms with Crippen LogP contribution in [-0.2, 0) is 4.74 Å². The number of rotatable bonds is 1. The zero-order valence-corrected chi connectivity index (χ0v) is 7.63. The van der Waals surface area contributed by atoms with Crippen LogP contribution < -0.4 is 5.32 Å². The molecule has 12 heavy (non-hydrogen) atoms. The molecule has 2 aliphatic heterocycles. The lowest BCUT2D eigenvalue weighted by Crippen LogP contribution is -2.30. The molecule has 1 aliphatic carbocycles. The van der Waals surface area contributed by atoms with Gasteiger partial charge in [0.15, 0.2) is 0 Å². The average Bonchev–Trinajstić information content (AvgIpc) is 2.83. The molecule has 3 aliphatic rings. The molecule has 0 amide bonds. The van der Waals surface area contributed by atoms with Gasteiger partial charge in [0.25, 0.3) is 0 Å². The molecule has 0 aromatic rings. The summed E-state index contributed by atoms with van der Waals surface area (Å²) in [5, 5.41) is 3.37. The molecule has 2 heteroatoms. The summed E-state index contributed by atoms with van der Waals surface area (Å²) >= 11 is 0. The topological polar surface area (TPSA) is 24.6 Å². The molecule has 0 radical (unpaired) electrons. The molecule has 2 heterocycles. The summed E-state index contributed by atoms with van der Waals surface area (Å²) in [7, 11) is 0. The van der Waals surface area contributed by atoms with Crippen LogP contribution in [0.2, 0.25) is 0 Å². The highest BCUT2D eigenvalue weighted by molar-refractivity contribution is 5.39. The number of hydrogen-bond donors (Lipinski definition) is 1. The lowest BCUT2D eigenvalue weighted by Gasteiger charge is -2.24. The summed E-state index contributed by atoms with van der Waals surface area (Å²) < 4.78 is 5.45. The van der Waals surface area contributed by atoms with Gasteiger partial charge in [-0.05, 0) is 12.8 Å². The normalized spacial score (nSPS) is 55.8. The molecule has 0 aromatic carbocycles.